The van der Waals surface area contributed by atoms with Gasteiger partial charge in [0.1, 0.15) is 0 Å². The molecule has 26 heavy (non-hydrogen) atoms. The van der Waals surface area contributed by atoms with Crippen molar-refractivity contribution in [1.82, 2.24) is 14.9 Å². The average molecular weight is 438 g/mol. The molecule has 0 atom stereocenters. The molecule has 0 aliphatic rings. The Bertz CT molecular complexity index is 832. The summed E-state index contributed by atoms with van der Waals surface area (Å²) in [6.45, 7) is 6.59. The van der Waals surface area contributed by atoms with Gasteiger partial charge in [0.05, 0.1) is 5.75 Å². The summed E-state index contributed by atoms with van der Waals surface area (Å²) in [5.41, 5.74) is 2.39. The van der Waals surface area contributed by atoms with Crippen LogP contribution in [0.2, 0.25) is 0 Å². The van der Waals surface area contributed by atoms with Crippen LogP contribution in [0.25, 0.3) is 0 Å². The van der Waals surface area contributed by atoms with Gasteiger partial charge in [-0.05, 0) is 30.5 Å². The first-order chi connectivity index (χ1) is 12.3. The zero-order chi connectivity index (χ0) is 19.3. The van der Waals surface area contributed by atoms with Gasteiger partial charge in [-0.1, -0.05) is 53.7 Å². The van der Waals surface area contributed by atoms with E-state index in [0.717, 1.165) is 10.0 Å². The fourth-order valence-electron chi connectivity index (χ4n) is 2.37. The number of amides is 1. The van der Waals surface area contributed by atoms with E-state index in [1.165, 1.54) is 16.3 Å². The van der Waals surface area contributed by atoms with Crippen LogP contribution < -0.4 is 10.9 Å². The first-order valence-corrected chi connectivity index (χ1v) is 10.3. The first-order valence-electron chi connectivity index (χ1n) is 8.48. The summed E-state index contributed by atoms with van der Waals surface area (Å²) in [5, 5.41) is 3.43. The third-order valence-corrected chi connectivity index (χ3v) is 5.44. The van der Waals surface area contributed by atoms with Crippen molar-refractivity contribution < 1.29 is 4.79 Å². The number of nitrogens with zero attached hydrogens (tertiary/aromatic N) is 2. The maximum atomic E-state index is 12.7. The Labute approximate surface area is 166 Å². The van der Waals surface area contributed by atoms with Gasteiger partial charge in [0.2, 0.25) is 5.91 Å². The molecule has 0 bridgehead atoms. The third kappa shape index (κ3) is 5.71. The molecule has 5 nitrogen and oxygen atoms in total. The van der Waals surface area contributed by atoms with Crippen molar-refractivity contribution in [3.05, 3.63) is 55.9 Å². The van der Waals surface area contributed by atoms with E-state index >= 15 is 0 Å². The van der Waals surface area contributed by atoms with Crippen molar-refractivity contribution >= 4 is 33.6 Å². The van der Waals surface area contributed by atoms with Gasteiger partial charge < -0.3 is 5.32 Å². The van der Waals surface area contributed by atoms with E-state index < -0.39 is 0 Å². The van der Waals surface area contributed by atoms with Crippen molar-refractivity contribution in [2.24, 2.45) is 13.0 Å². The summed E-state index contributed by atoms with van der Waals surface area (Å²) in [4.78, 5) is 29.2. The summed E-state index contributed by atoms with van der Waals surface area (Å²) in [5.74, 6) is 0.611. The minimum atomic E-state index is -0.0643. The average Bonchev–Trinajstić information content (AvgIpc) is 2.60. The summed E-state index contributed by atoms with van der Waals surface area (Å²) in [6.07, 6.45) is 0.540. The maximum Gasteiger partial charge on any atom is 0.257 e. The predicted octanol–water partition coefficient (Wildman–Crippen LogP) is 3.31. The standard InChI is InChI=1S/C19H24BrN3O2S/c1-12(2)10-21-17(24)11-26-19-22-13(3)16(18(25)23(19)4)9-14-5-7-15(20)8-6-14/h5-8,12H,9-11H2,1-4H3,(H,21,24). The highest BCUT2D eigenvalue weighted by Crippen LogP contribution is 2.17. The third-order valence-electron chi connectivity index (χ3n) is 3.88. The largest absolute Gasteiger partial charge is 0.355 e. The second-order valence-electron chi connectivity index (χ2n) is 6.61. The molecule has 0 aliphatic heterocycles. The lowest BCUT2D eigenvalue weighted by Gasteiger charge is -2.12. The van der Waals surface area contributed by atoms with Crippen LogP contribution >= 0.6 is 27.7 Å². The number of aryl methyl sites for hydroxylation is 1. The van der Waals surface area contributed by atoms with Gasteiger partial charge >= 0.3 is 0 Å². The summed E-state index contributed by atoms with van der Waals surface area (Å²) in [7, 11) is 1.70. The number of halogens is 1. The Morgan fingerprint density at radius 1 is 1.31 bits per heavy atom. The molecule has 2 aromatic rings. The molecule has 2 rings (SSSR count). The van der Waals surface area contributed by atoms with Crippen LogP contribution in [0.1, 0.15) is 30.7 Å². The van der Waals surface area contributed by atoms with Gasteiger partial charge in [-0.2, -0.15) is 0 Å². The lowest BCUT2D eigenvalue weighted by atomic mass is 10.1. The molecule has 0 radical (unpaired) electrons. The highest BCUT2D eigenvalue weighted by atomic mass is 79.9. The van der Waals surface area contributed by atoms with Crippen molar-refractivity contribution in [2.45, 2.75) is 32.3 Å². The van der Waals surface area contributed by atoms with Crippen molar-refractivity contribution in [1.29, 1.82) is 0 Å². The van der Waals surface area contributed by atoms with Crippen LogP contribution in [0.3, 0.4) is 0 Å². The summed E-state index contributed by atoms with van der Waals surface area (Å²) < 4.78 is 2.54. The lowest BCUT2D eigenvalue weighted by molar-refractivity contribution is -0.118. The van der Waals surface area contributed by atoms with Crippen LogP contribution in [0, 0.1) is 12.8 Å². The Kier molecular flexibility index (Phi) is 7.46. The summed E-state index contributed by atoms with van der Waals surface area (Å²) >= 11 is 4.70. The number of thioether (sulfide) groups is 1. The molecule has 1 amide bonds. The number of hydrogen-bond acceptors (Lipinski definition) is 4. The molecule has 0 unspecified atom stereocenters. The van der Waals surface area contributed by atoms with Crippen molar-refractivity contribution in [2.75, 3.05) is 12.3 Å². The Morgan fingerprint density at radius 3 is 2.58 bits per heavy atom. The molecule has 1 aromatic carbocycles. The zero-order valence-corrected chi connectivity index (χ0v) is 17.9. The van der Waals surface area contributed by atoms with Crippen LogP contribution in [-0.4, -0.2) is 27.8 Å². The zero-order valence-electron chi connectivity index (χ0n) is 15.5. The minimum Gasteiger partial charge on any atom is -0.355 e. The van der Waals surface area contributed by atoms with E-state index in [9.17, 15) is 9.59 Å². The molecule has 0 fully saturated rings. The van der Waals surface area contributed by atoms with E-state index in [4.69, 9.17) is 0 Å². The topological polar surface area (TPSA) is 64.0 Å². The molecular weight excluding hydrogens is 414 g/mol. The highest BCUT2D eigenvalue weighted by molar-refractivity contribution is 9.10. The van der Waals surface area contributed by atoms with Crippen molar-refractivity contribution in [3.8, 4) is 0 Å². The summed E-state index contributed by atoms with van der Waals surface area (Å²) in [6, 6.07) is 7.90. The SMILES string of the molecule is Cc1nc(SCC(=O)NCC(C)C)n(C)c(=O)c1Cc1ccc(Br)cc1. The normalized spacial score (nSPS) is 11.0. The second-order valence-corrected chi connectivity index (χ2v) is 8.47. The molecular formula is C19H24BrN3O2S. The lowest BCUT2D eigenvalue weighted by Crippen LogP contribution is -2.30. The van der Waals surface area contributed by atoms with Crippen LogP contribution in [0.4, 0.5) is 0 Å². The highest BCUT2D eigenvalue weighted by Gasteiger charge is 2.14. The van der Waals surface area contributed by atoms with E-state index in [2.05, 4.69) is 26.2 Å². The Hall–Kier alpha value is -1.60. The number of carbonyl (C=O) groups is 1. The number of aromatic nitrogens is 2. The Morgan fingerprint density at radius 2 is 1.96 bits per heavy atom. The van der Waals surface area contributed by atoms with Gasteiger partial charge in [-0.15, -0.1) is 0 Å². The first kappa shape index (κ1) is 20.7. The monoisotopic (exact) mass is 437 g/mol. The fraction of sp³-hybridized carbons (Fsp3) is 0.421. The van der Waals surface area contributed by atoms with Gasteiger partial charge in [0.15, 0.2) is 5.16 Å². The number of nitrogens with one attached hydrogen (secondary N) is 1. The van der Waals surface area contributed by atoms with E-state index in [-0.39, 0.29) is 17.2 Å². The van der Waals surface area contributed by atoms with Crippen LogP contribution in [0.5, 0.6) is 0 Å². The van der Waals surface area contributed by atoms with Gasteiger partial charge in [0, 0.05) is 35.7 Å². The minimum absolute atomic E-state index is 0.0467. The molecule has 1 aromatic heterocycles. The number of carbonyl (C=O) groups excluding carboxylic acids is 1. The Balaban J connectivity index is 2.13. The van der Waals surface area contributed by atoms with E-state index in [1.54, 1.807) is 7.05 Å². The maximum absolute atomic E-state index is 12.7. The number of rotatable bonds is 7. The molecule has 0 spiro atoms. The molecule has 7 heteroatoms. The molecule has 0 saturated heterocycles. The van der Waals surface area contributed by atoms with E-state index in [0.29, 0.717) is 35.3 Å². The molecule has 1 N–H and O–H groups in total. The van der Waals surface area contributed by atoms with Gasteiger partial charge in [-0.25, -0.2) is 4.98 Å². The number of hydrogen-bond donors (Lipinski definition) is 1. The smallest absolute Gasteiger partial charge is 0.257 e. The molecule has 0 saturated carbocycles. The second kappa shape index (κ2) is 9.37. The van der Waals surface area contributed by atoms with Gasteiger partial charge in [-0.3, -0.25) is 14.2 Å². The van der Waals surface area contributed by atoms with E-state index in [1.807, 2.05) is 45.0 Å². The van der Waals surface area contributed by atoms with Crippen LogP contribution in [-0.2, 0) is 18.3 Å². The predicted molar refractivity (Wildman–Crippen MR) is 110 cm³/mol. The molecule has 1 heterocycles. The van der Waals surface area contributed by atoms with Gasteiger partial charge in [0.25, 0.3) is 5.56 Å². The fourth-order valence-corrected chi connectivity index (χ4v) is 3.47. The van der Waals surface area contributed by atoms with Crippen LogP contribution in [0.15, 0.2) is 38.7 Å². The quantitative estimate of drug-likeness (QED) is 0.532. The molecule has 140 valence electrons. The molecule has 0 aliphatic carbocycles. The van der Waals surface area contributed by atoms with Crippen molar-refractivity contribution in [3.63, 3.8) is 0 Å². The number of benzene rings is 1.